The van der Waals surface area contributed by atoms with E-state index < -0.39 is 0 Å². The quantitative estimate of drug-likeness (QED) is 0.506. The summed E-state index contributed by atoms with van der Waals surface area (Å²) in [5.74, 6) is 3.38. The summed E-state index contributed by atoms with van der Waals surface area (Å²) in [6.07, 6.45) is 5.06. The summed E-state index contributed by atoms with van der Waals surface area (Å²) in [7, 11) is 0. The molecule has 0 amide bonds. The molecule has 3 unspecified atom stereocenters. The predicted octanol–water partition coefficient (Wildman–Crippen LogP) is 2.45. The Hall–Kier alpha value is -0.850. The third-order valence-corrected chi connectivity index (χ3v) is 7.03. The van der Waals surface area contributed by atoms with Gasteiger partial charge in [0.1, 0.15) is 0 Å². The highest BCUT2D eigenvalue weighted by atomic mass is 16.5. The van der Waals surface area contributed by atoms with Gasteiger partial charge in [0.2, 0.25) is 0 Å². The molecule has 3 aliphatic rings. The fourth-order valence-electron chi connectivity index (χ4n) is 5.25. The Morgan fingerprint density at radius 3 is 2.43 bits per heavy atom. The number of guanidine groups is 1. The number of hydrogen-bond acceptors (Lipinski definition) is 4. The van der Waals surface area contributed by atoms with Crippen LogP contribution in [-0.4, -0.2) is 87.5 Å². The molecular weight excluding hydrogens is 352 g/mol. The van der Waals surface area contributed by atoms with Crippen molar-refractivity contribution < 1.29 is 9.47 Å². The fourth-order valence-corrected chi connectivity index (χ4v) is 5.25. The van der Waals surface area contributed by atoms with Crippen LogP contribution in [0.25, 0.3) is 0 Å². The first-order valence-electron chi connectivity index (χ1n) is 11.7. The van der Waals surface area contributed by atoms with Crippen molar-refractivity contribution in [1.29, 1.82) is 0 Å². The van der Waals surface area contributed by atoms with Crippen LogP contribution < -0.4 is 5.32 Å². The molecule has 0 aromatic rings. The molecule has 0 aromatic carbocycles. The zero-order valence-electron chi connectivity index (χ0n) is 18.4. The number of hydrogen-bond donors (Lipinski definition) is 1. The van der Waals surface area contributed by atoms with Gasteiger partial charge in [-0.15, -0.1) is 0 Å². The average Bonchev–Trinajstić information content (AvgIpc) is 3.42. The van der Waals surface area contributed by atoms with Crippen LogP contribution in [0.3, 0.4) is 0 Å². The molecule has 0 aromatic heterocycles. The van der Waals surface area contributed by atoms with Crippen LogP contribution >= 0.6 is 0 Å². The van der Waals surface area contributed by atoms with Gasteiger partial charge in [0, 0.05) is 51.3 Å². The lowest BCUT2D eigenvalue weighted by molar-refractivity contribution is 0.00364. The van der Waals surface area contributed by atoms with Gasteiger partial charge in [-0.1, -0.05) is 26.7 Å². The van der Waals surface area contributed by atoms with Crippen LogP contribution in [-0.2, 0) is 9.47 Å². The van der Waals surface area contributed by atoms with E-state index in [0.717, 1.165) is 89.9 Å². The van der Waals surface area contributed by atoms with E-state index in [1.54, 1.807) is 0 Å². The highest BCUT2D eigenvalue weighted by Gasteiger charge is 2.33. The van der Waals surface area contributed by atoms with Gasteiger partial charge in [0.25, 0.3) is 0 Å². The van der Waals surface area contributed by atoms with Crippen LogP contribution in [0.5, 0.6) is 0 Å². The van der Waals surface area contributed by atoms with Crippen LogP contribution in [0.2, 0.25) is 0 Å². The van der Waals surface area contributed by atoms with Crippen LogP contribution in [0.15, 0.2) is 4.99 Å². The van der Waals surface area contributed by atoms with E-state index in [1.165, 1.54) is 19.3 Å². The molecule has 0 bridgehead atoms. The van der Waals surface area contributed by atoms with Gasteiger partial charge in [0.05, 0.1) is 26.4 Å². The molecule has 0 saturated carbocycles. The third kappa shape index (κ3) is 5.61. The second kappa shape index (κ2) is 11.4. The molecule has 162 valence electrons. The first-order chi connectivity index (χ1) is 13.8. The van der Waals surface area contributed by atoms with Gasteiger partial charge in [-0.05, 0) is 31.6 Å². The van der Waals surface area contributed by atoms with Crippen molar-refractivity contribution in [3.8, 4) is 0 Å². The van der Waals surface area contributed by atoms with Crippen molar-refractivity contribution in [3.05, 3.63) is 0 Å². The number of rotatable bonds is 8. The normalized spacial score (nSPS) is 28.3. The first kappa shape index (κ1) is 21.8. The molecular formula is C22H42N4O2. The van der Waals surface area contributed by atoms with Crippen LogP contribution in [0.1, 0.15) is 46.5 Å². The van der Waals surface area contributed by atoms with Crippen molar-refractivity contribution in [2.45, 2.75) is 52.5 Å². The predicted molar refractivity (Wildman–Crippen MR) is 115 cm³/mol. The molecule has 1 N–H and O–H groups in total. The van der Waals surface area contributed by atoms with E-state index in [4.69, 9.17) is 14.5 Å². The first-order valence-corrected chi connectivity index (χ1v) is 11.7. The van der Waals surface area contributed by atoms with E-state index in [-0.39, 0.29) is 0 Å². The highest BCUT2D eigenvalue weighted by molar-refractivity contribution is 5.80. The minimum Gasteiger partial charge on any atom is -0.381 e. The number of morpholine rings is 1. The Morgan fingerprint density at radius 2 is 1.79 bits per heavy atom. The third-order valence-electron chi connectivity index (χ3n) is 7.03. The largest absolute Gasteiger partial charge is 0.381 e. The molecule has 6 nitrogen and oxygen atoms in total. The summed E-state index contributed by atoms with van der Waals surface area (Å²) >= 11 is 0. The minimum atomic E-state index is 0.470. The van der Waals surface area contributed by atoms with Gasteiger partial charge in [-0.2, -0.15) is 0 Å². The molecule has 0 aliphatic carbocycles. The van der Waals surface area contributed by atoms with Crippen molar-refractivity contribution in [3.63, 3.8) is 0 Å². The summed E-state index contributed by atoms with van der Waals surface area (Å²) in [5, 5.41) is 3.57. The Labute approximate surface area is 172 Å². The summed E-state index contributed by atoms with van der Waals surface area (Å²) in [6, 6.07) is 0.470. The average molecular weight is 395 g/mol. The Kier molecular flexibility index (Phi) is 8.87. The number of nitrogens with one attached hydrogen (secondary N) is 1. The van der Waals surface area contributed by atoms with Gasteiger partial charge < -0.3 is 19.7 Å². The summed E-state index contributed by atoms with van der Waals surface area (Å²) in [4.78, 5) is 10.3. The second-order valence-electron chi connectivity index (χ2n) is 8.61. The molecule has 3 atom stereocenters. The van der Waals surface area contributed by atoms with Crippen LogP contribution in [0, 0.1) is 17.8 Å². The second-order valence-corrected chi connectivity index (χ2v) is 8.61. The van der Waals surface area contributed by atoms with Crippen molar-refractivity contribution in [1.82, 2.24) is 15.1 Å². The molecule has 6 heteroatoms. The summed E-state index contributed by atoms with van der Waals surface area (Å²) < 4.78 is 11.3. The van der Waals surface area contributed by atoms with Gasteiger partial charge in [-0.3, -0.25) is 9.89 Å². The SMILES string of the molecule is CCNC(=NCC(C1CCOC1)N1CCOCC1)N1CCC(C(CC)CC)C1. The highest BCUT2D eigenvalue weighted by Crippen LogP contribution is 2.29. The Balaban J connectivity index is 1.65. The topological polar surface area (TPSA) is 49.3 Å². The Bertz CT molecular complexity index is 471. The van der Waals surface area contributed by atoms with Gasteiger partial charge >= 0.3 is 0 Å². The smallest absolute Gasteiger partial charge is 0.193 e. The van der Waals surface area contributed by atoms with E-state index in [9.17, 15) is 0 Å². The maximum atomic E-state index is 5.72. The Morgan fingerprint density at radius 1 is 1.00 bits per heavy atom. The van der Waals surface area contributed by atoms with Crippen molar-refractivity contribution in [2.75, 3.05) is 65.7 Å². The molecule has 0 spiro atoms. The molecule has 3 rings (SSSR count). The lowest BCUT2D eigenvalue weighted by Crippen LogP contribution is -2.49. The lowest BCUT2D eigenvalue weighted by atomic mass is 9.87. The number of likely N-dealkylation sites (tertiary alicyclic amines) is 1. The number of aliphatic imine (C=N–C) groups is 1. The zero-order valence-corrected chi connectivity index (χ0v) is 18.4. The zero-order chi connectivity index (χ0) is 19.8. The monoisotopic (exact) mass is 394 g/mol. The molecule has 3 saturated heterocycles. The molecule has 3 heterocycles. The van der Waals surface area contributed by atoms with E-state index in [1.807, 2.05) is 0 Å². The van der Waals surface area contributed by atoms with E-state index >= 15 is 0 Å². The van der Waals surface area contributed by atoms with Crippen molar-refractivity contribution in [2.24, 2.45) is 22.7 Å². The molecule has 28 heavy (non-hydrogen) atoms. The molecule has 0 radical (unpaired) electrons. The number of nitrogens with zero attached hydrogens (tertiary/aromatic N) is 3. The fraction of sp³-hybridized carbons (Fsp3) is 0.955. The standard InChI is InChI=1S/C22H42N4O2/c1-4-18(5-2)19-7-9-26(16-19)22(23-6-3)24-15-21(20-8-12-28-17-20)25-10-13-27-14-11-25/h18-21H,4-17H2,1-3H3,(H,23,24). The maximum Gasteiger partial charge on any atom is 0.193 e. The number of ether oxygens (including phenoxy) is 2. The van der Waals surface area contributed by atoms with E-state index in [2.05, 4.69) is 35.9 Å². The summed E-state index contributed by atoms with van der Waals surface area (Å²) in [5.41, 5.74) is 0. The van der Waals surface area contributed by atoms with Crippen molar-refractivity contribution >= 4 is 5.96 Å². The molecule has 3 fully saturated rings. The summed E-state index contributed by atoms with van der Waals surface area (Å²) in [6.45, 7) is 16.5. The van der Waals surface area contributed by atoms with Gasteiger partial charge in [0.15, 0.2) is 5.96 Å². The minimum absolute atomic E-state index is 0.470. The van der Waals surface area contributed by atoms with Crippen LogP contribution in [0.4, 0.5) is 0 Å². The lowest BCUT2D eigenvalue weighted by Gasteiger charge is -2.37. The maximum absolute atomic E-state index is 5.72. The van der Waals surface area contributed by atoms with E-state index in [0.29, 0.717) is 12.0 Å². The molecule has 3 aliphatic heterocycles. The van der Waals surface area contributed by atoms with Gasteiger partial charge in [-0.25, -0.2) is 0 Å².